The molecule has 0 atom stereocenters. The predicted molar refractivity (Wildman–Crippen MR) is 129 cm³/mol. The van der Waals surface area contributed by atoms with E-state index in [1.807, 2.05) is 60.7 Å². The molecular formula is C27H26N2O6. The molecule has 3 aromatic carbocycles. The molecule has 0 bridgehead atoms. The van der Waals surface area contributed by atoms with Crippen LogP contribution in [-0.2, 0) is 32.1 Å². The van der Waals surface area contributed by atoms with Gasteiger partial charge in [0.1, 0.15) is 18.9 Å². The first kappa shape index (κ1) is 25.2. The maximum atomic E-state index is 12.3. The summed E-state index contributed by atoms with van der Waals surface area (Å²) in [5.74, 6) is -1.38. The van der Waals surface area contributed by atoms with Gasteiger partial charge in [-0.25, -0.2) is 0 Å². The van der Waals surface area contributed by atoms with E-state index in [1.54, 1.807) is 24.3 Å². The van der Waals surface area contributed by atoms with Gasteiger partial charge >= 0.3 is 5.97 Å². The number of ether oxygens (including phenoxy) is 2. The van der Waals surface area contributed by atoms with Crippen LogP contribution in [0.25, 0.3) is 0 Å². The quantitative estimate of drug-likeness (QED) is 0.308. The van der Waals surface area contributed by atoms with Crippen LogP contribution in [-0.4, -0.2) is 43.3 Å². The van der Waals surface area contributed by atoms with Crippen LogP contribution in [0.15, 0.2) is 84.9 Å². The Hall–Kier alpha value is -4.46. The van der Waals surface area contributed by atoms with Gasteiger partial charge in [-0.3, -0.25) is 19.2 Å². The minimum atomic E-state index is -0.759. The van der Waals surface area contributed by atoms with Crippen LogP contribution in [0.4, 0.5) is 0 Å². The van der Waals surface area contributed by atoms with E-state index in [-0.39, 0.29) is 24.7 Å². The van der Waals surface area contributed by atoms with Gasteiger partial charge in [-0.05, 0) is 35.4 Å². The molecule has 8 nitrogen and oxygen atoms in total. The van der Waals surface area contributed by atoms with Gasteiger partial charge in [-0.2, -0.15) is 0 Å². The highest BCUT2D eigenvalue weighted by Crippen LogP contribution is 2.14. The second kappa shape index (κ2) is 13.3. The Bertz CT molecular complexity index is 1130. The zero-order valence-electron chi connectivity index (χ0n) is 19.1. The molecule has 0 aliphatic rings. The first-order valence-corrected chi connectivity index (χ1v) is 11.0. The number of carbonyl (C=O) groups excluding carboxylic acids is 4. The normalized spacial score (nSPS) is 10.2. The number of rotatable bonds is 12. The molecule has 180 valence electrons. The molecule has 2 amide bonds. The average molecular weight is 475 g/mol. The van der Waals surface area contributed by atoms with Crippen molar-refractivity contribution in [2.75, 3.05) is 19.7 Å². The van der Waals surface area contributed by atoms with Crippen LogP contribution in [0.2, 0.25) is 0 Å². The van der Waals surface area contributed by atoms with E-state index >= 15 is 0 Å². The minimum Gasteiger partial charge on any atom is -0.489 e. The molecule has 0 heterocycles. The van der Waals surface area contributed by atoms with Crippen molar-refractivity contribution in [3.8, 4) is 5.75 Å². The minimum absolute atomic E-state index is 0.151. The second-order valence-electron chi connectivity index (χ2n) is 7.60. The SMILES string of the molecule is O=C(CNC(=O)Cc1ccccc1)NCC(=O)OCC(=O)c1ccc(OCc2ccccc2)cc1. The van der Waals surface area contributed by atoms with Gasteiger partial charge < -0.3 is 20.1 Å². The van der Waals surface area contributed by atoms with E-state index in [0.29, 0.717) is 17.9 Å². The molecule has 0 saturated carbocycles. The molecule has 0 radical (unpaired) electrons. The largest absolute Gasteiger partial charge is 0.489 e. The summed E-state index contributed by atoms with van der Waals surface area (Å²) in [6.07, 6.45) is 0.151. The molecule has 0 fully saturated rings. The molecule has 0 saturated heterocycles. The van der Waals surface area contributed by atoms with Crippen molar-refractivity contribution in [1.82, 2.24) is 10.6 Å². The number of ketones is 1. The molecule has 8 heteroatoms. The van der Waals surface area contributed by atoms with Gasteiger partial charge in [0.25, 0.3) is 0 Å². The number of nitrogens with one attached hydrogen (secondary N) is 2. The third-order valence-corrected chi connectivity index (χ3v) is 4.87. The summed E-state index contributed by atoms with van der Waals surface area (Å²) in [5.41, 5.74) is 2.23. The Morgan fingerprint density at radius 1 is 0.657 bits per heavy atom. The van der Waals surface area contributed by atoms with Crippen molar-refractivity contribution in [1.29, 1.82) is 0 Å². The van der Waals surface area contributed by atoms with Crippen molar-refractivity contribution in [2.45, 2.75) is 13.0 Å². The lowest BCUT2D eigenvalue weighted by atomic mass is 10.1. The fraction of sp³-hybridized carbons (Fsp3) is 0.185. The molecule has 35 heavy (non-hydrogen) atoms. The standard InChI is InChI=1S/C27H26N2O6/c30-24(22-11-13-23(14-12-22)34-18-21-9-5-2-6-10-21)19-35-27(33)17-29-26(32)16-28-25(31)15-20-7-3-1-4-8-20/h1-14H,15-19H2,(H,28,31)(H,29,32). The van der Waals surface area contributed by atoms with Gasteiger partial charge in [-0.1, -0.05) is 60.7 Å². The zero-order valence-corrected chi connectivity index (χ0v) is 19.1. The number of hydrogen-bond acceptors (Lipinski definition) is 6. The first-order chi connectivity index (χ1) is 17.0. The van der Waals surface area contributed by atoms with Crippen molar-refractivity contribution >= 4 is 23.6 Å². The molecule has 0 spiro atoms. The van der Waals surface area contributed by atoms with E-state index in [1.165, 1.54) is 0 Å². The van der Waals surface area contributed by atoms with Crippen LogP contribution < -0.4 is 15.4 Å². The molecule has 0 unspecified atom stereocenters. The third-order valence-electron chi connectivity index (χ3n) is 4.87. The highest BCUT2D eigenvalue weighted by Gasteiger charge is 2.12. The van der Waals surface area contributed by atoms with E-state index in [9.17, 15) is 19.2 Å². The van der Waals surface area contributed by atoms with Gasteiger partial charge in [0, 0.05) is 5.56 Å². The molecule has 0 aliphatic carbocycles. The van der Waals surface area contributed by atoms with Crippen LogP contribution >= 0.6 is 0 Å². The third kappa shape index (κ3) is 9.13. The van der Waals surface area contributed by atoms with Gasteiger partial charge in [0.2, 0.25) is 11.8 Å². The molecule has 3 aromatic rings. The maximum absolute atomic E-state index is 12.3. The Morgan fingerprint density at radius 2 is 1.26 bits per heavy atom. The summed E-state index contributed by atoms with van der Waals surface area (Å²) >= 11 is 0. The van der Waals surface area contributed by atoms with E-state index in [2.05, 4.69) is 10.6 Å². The first-order valence-electron chi connectivity index (χ1n) is 11.0. The Morgan fingerprint density at radius 3 is 1.91 bits per heavy atom. The van der Waals surface area contributed by atoms with Crippen LogP contribution in [0.3, 0.4) is 0 Å². The number of hydrogen-bond donors (Lipinski definition) is 2. The lowest BCUT2D eigenvalue weighted by Crippen LogP contribution is -2.40. The van der Waals surface area contributed by atoms with Crippen molar-refractivity contribution < 1.29 is 28.7 Å². The smallest absolute Gasteiger partial charge is 0.325 e. The highest BCUT2D eigenvalue weighted by atomic mass is 16.5. The zero-order chi connectivity index (χ0) is 24.9. The molecule has 0 aliphatic heterocycles. The van der Waals surface area contributed by atoms with Crippen LogP contribution in [0.5, 0.6) is 5.75 Å². The summed E-state index contributed by atoms with van der Waals surface area (Å²) in [6.45, 7) is -0.718. The monoisotopic (exact) mass is 474 g/mol. The van der Waals surface area contributed by atoms with Crippen molar-refractivity contribution in [2.24, 2.45) is 0 Å². The lowest BCUT2D eigenvalue weighted by Gasteiger charge is -2.09. The number of Topliss-reactive ketones (excluding diaryl/α,β-unsaturated/α-hetero) is 1. The average Bonchev–Trinajstić information content (AvgIpc) is 2.89. The van der Waals surface area contributed by atoms with Crippen molar-refractivity contribution in [3.05, 3.63) is 102 Å². The molecular weight excluding hydrogens is 448 g/mol. The van der Waals surface area contributed by atoms with Gasteiger partial charge in [0.05, 0.1) is 13.0 Å². The second-order valence-corrected chi connectivity index (χ2v) is 7.60. The highest BCUT2D eigenvalue weighted by molar-refractivity contribution is 5.98. The summed E-state index contributed by atoms with van der Waals surface area (Å²) in [4.78, 5) is 47.8. The van der Waals surface area contributed by atoms with E-state index in [4.69, 9.17) is 9.47 Å². The Balaban J connectivity index is 1.31. The predicted octanol–water partition coefficient (Wildman–Crippen LogP) is 2.47. The summed E-state index contributed by atoms with van der Waals surface area (Å²) in [5, 5.41) is 4.83. The molecule has 3 rings (SSSR count). The lowest BCUT2D eigenvalue weighted by molar-refractivity contribution is -0.142. The fourth-order valence-corrected chi connectivity index (χ4v) is 3.01. The van der Waals surface area contributed by atoms with Crippen LogP contribution in [0, 0.1) is 0 Å². The maximum Gasteiger partial charge on any atom is 0.325 e. The van der Waals surface area contributed by atoms with Gasteiger partial charge in [-0.15, -0.1) is 0 Å². The summed E-state index contributed by atoms with van der Waals surface area (Å²) in [7, 11) is 0. The molecule has 2 N–H and O–H groups in total. The number of carbonyl (C=O) groups is 4. The summed E-state index contributed by atoms with van der Waals surface area (Å²) in [6, 6.07) is 25.3. The number of amides is 2. The number of esters is 1. The van der Waals surface area contributed by atoms with Gasteiger partial charge in [0.15, 0.2) is 12.4 Å². The van der Waals surface area contributed by atoms with Crippen LogP contribution in [0.1, 0.15) is 21.5 Å². The molecule has 0 aromatic heterocycles. The topological polar surface area (TPSA) is 111 Å². The summed E-state index contributed by atoms with van der Waals surface area (Å²) < 4.78 is 10.6. The Labute approximate surface area is 203 Å². The fourth-order valence-electron chi connectivity index (χ4n) is 3.01. The Kier molecular flexibility index (Phi) is 9.56. The van der Waals surface area contributed by atoms with E-state index in [0.717, 1.165) is 11.1 Å². The van der Waals surface area contributed by atoms with Crippen molar-refractivity contribution in [3.63, 3.8) is 0 Å². The number of benzene rings is 3. The van der Waals surface area contributed by atoms with E-state index < -0.39 is 25.0 Å².